The van der Waals surface area contributed by atoms with E-state index in [1.807, 2.05) is 6.07 Å². The lowest BCUT2D eigenvalue weighted by Crippen LogP contribution is -2.48. The summed E-state index contributed by atoms with van der Waals surface area (Å²) in [6, 6.07) is 1.82. The molecule has 0 aliphatic carbocycles. The molecule has 8 nitrogen and oxygen atoms in total. The van der Waals surface area contributed by atoms with Crippen molar-refractivity contribution in [2.45, 2.75) is 26.5 Å². The minimum Gasteiger partial charge on any atom is -0.374 e. The van der Waals surface area contributed by atoms with E-state index in [1.165, 1.54) is 11.0 Å². The van der Waals surface area contributed by atoms with Crippen molar-refractivity contribution in [1.29, 1.82) is 5.26 Å². The molecule has 0 saturated carbocycles. The molecular formula is C14H22N6O2. The van der Waals surface area contributed by atoms with Crippen LogP contribution in [0.3, 0.4) is 0 Å². The zero-order valence-corrected chi connectivity index (χ0v) is 13.0. The molecule has 8 heteroatoms. The van der Waals surface area contributed by atoms with Crippen LogP contribution in [0, 0.1) is 17.2 Å². The van der Waals surface area contributed by atoms with E-state index in [0.29, 0.717) is 19.1 Å². The van der Waals surface area contributed by atoms with Gasteiger partial charge in [-0.05, 0) is 5.92 Å². The number of amides is 1. The summed E-state index contributed by atoms with van der Waals surface area (Å²) >= 11 is 0. The number of morpholine rings is 1. The molecule has 0 bridgehead atoms. The van der Waals surface area contributed by atoms with E-state index >= 15 is 0 Å². The van der Waals surface area contributed by atoms with Gasteiger partial charge in [0.05, 0.1) is 12.7 Å². The maximum atomic E-state index is 11.9. The maximum absolute atomic E-state index is 11.9. The average molecular weight is 306 g/mol. The van der Waals surface area contributed by atoms with Gasteiger partial charge in [-0.3, -0.25) is 9.69 Å². The van der Waals surface area contributed by atoms with Gasteiger partial charge in [-0.25, -0.2) is 9.67 Å². The second-order valence-corrected chi connectivity index (χ2v) is 5.83. The average Bonchev–Trinajstić information content (AvgIpc) is 2.92. The lowest BCUT2D eigenvalue weighted by Gasteiger charge is -2.33. The van der Waals surface area contributed by atoms with Crippen molar-refractivity contribution in [3.63, 3.8) is 0 Å². The summed E-state index contributed by atoms with van der Waals surface area (Å²) in [7, 11) is 0. The Kier molecular flexibility index (Phi) is 5.86. The number of carbonyl (C=O) groups is 1. The summed E-state index contributed by atoms with van der Waals surface area (Å²) in [6.45, 7) is 8.44. The number of nitrogens with one attached hydrogen (secondary N) is 1. The summed E-state index contributed by atoms with van der Waals surface area (Å²) in [5, 5.41) is 15.3. The minimum atomic E-state index is -0.168. The predicted molar refractivity (Wildman–Crippen MR) is 78.8 cm³/mol. The van der Waals surface area contributed by atoms with Gasteiger partial charge in [-0.2, -0.15) is 5.26 Å². The highest BCUT2D eigenvalue weighted by Gasteiger charge is 2.21. The third kappa shape index (κ3) is 5.09. The van der Waals surface area contributed by atoms with Crippen LogP contribution in [-0.2, 0) is 16.1 Å². The molecule has 1 saturated heterocycles. The second-order valence-electron chi connectivity index (χ2n) is 5.83. The van der Waals surface area contributed by atoms with E-state index < -0.39 is 0 Å². The first-order valence-corrected chi connectivity index (χ1v) is 7.47. The molecule has 1 fully saturated rings. The van der Waals surface area contributed by atoms with E-state index in [4.69, 9.17) is 10.00 Å². The fourth-order valence-electron chi connectivity index (χ4n) is 2.44. The van der Waals surface area contributed by atoms with Crippen LogP contribution in [0.4, 0.5) is 0 Å². The Morgan fingerprint density at radius 2 is 2.45 bits per heavy atom. The summed E-state index contributed by atoms with van der Waals surface area (Å²) in [4.78, 5) is 18.0. The number of aromatic nitrogens is 3. The number of hydrogen-bond acceptors (Lipinski definition) is 6. The molecule has 2 heterocycles. The topological polar surface area (TPSA) is 96.1 Å². The first-order valence-electron chi connectivity index (χ1n) is 7.47. The molecule has 0 aromatic carbocycles. The SMILES string of the molecule is CC(C)CN1CCOC(CNC(=O)Cn2cnc(C#N)n2)C1. The van der Waals surface area contributed by atoms with Gasteiger partial charge >= 0.3 is 0 Å². The summed E-state index contributed by atoms with van der Waals surface area (Å²) in [5.41, 5.74) is 0. The Bertz CT molecular complexity index is 536. The lowest BCUT2D eigenvalue weighted by atomic mass is 10.2. The number of ether oxygens (including phenoxy) is 1. The van der Waals surface area contributed by atoms with Crippen molar-refractivity contribution < 1.29 is 9.53 Å². The number of hydrogen-bond donors (Lipinski definition) is 1. The fraction of sp³-hybridized carbons (Fsp3) is 0.714. The first-order chi connectivity index (χ1) is 10.6. The van der Waals surface area contributed by atoms with Crippen molar-refractivity contribution in [2.75, 3.05) is 32.8 Å². The van der Waals surface area contributed by atoms with Crippen LogP contribution < -0.4 is 5.32 Å². The number of nitrogens with zero attached hydrogens (tertiary/aromatic N) is 5. The number of nitriles is 1. The van der Waals surface area contributed by atoms with Gasteiger partial charge < -0.3 is 10.1 Å². The van der Waals surface area contributed by atoms with E-state index in [-0.39, 0.29) is 24.4 Å². The Balaban J connectivity index is 1.72. The van der Waals surface area contributed by atoms with Crippen molar-refractivity contribution in [3.05, 3.63) is 12.2 Å². The van der Waals surface area contributed by atoms with Crippen LogP contribution in [0.2, 0.25) is 0 Å². The van der Waals surface area contributed by atoms with E-state index in [2.05, 4.69) is 34.1 Å². The Morgan fingerprint density at radius 1 is 1.64 bits per heavy atom. The molecule has 22 heavy (non-hydrogen) atoms. The summed E-state index contributed by atoms with van der Waals surface area (Å²) in [6.07, 6.45) is 1.39. The summed E-state index contributed by atoms with van der Waals surface area (Å²) in [5.74, 6) is 0.515. The molecule has 1 unspecified atom stereocenters. The van der Waals surface area contributed by atoms with Gasteiger partial charge in [0.1, 0.15) is 18.9 Å². The molecule has 1 amide bonds. The predicted octanol–water partition coefficient (Wildman–Crippen LogP) is -0.377. The van der Waals surface area contributed by atoms with Crippen molar-refractivity contribution in [1.82, 2.24) is 25.0 Å². The van der Waals surface area contributed by atoms with Crippen LogP contribution in [0.1, 0.15) is 19.7 Å². The monoisotopic (exact) mass is 306 g/mol. The van der Waals surface area contributed by atoms with Gasteiger partial charge in [0.2, 0.25) is 5.91 Å². The molecule has 1 aromatic heterocycles. The van der Waals surface area contributed by atoms with Crippen LogP contribution >= 0.6 is 0 Å². The van der Waals surface area contributed by atoms with Gasteiger partial charge in [0.25, 0.3) is 5.82 Å². The Hall–Kier alpha value is -1.98. The molecular weight excluding hydrogens is 284 g/mol. The van der Waals surface area contributed by atoms with Gasteiger partial charge in [-0.15, -0.1) is 5.10 Å². The highest BCUT2D eigenvalue weighted by atomic mass is 16.5. The molecule has 1 aliphatic rings. The van der Waals surface area contributed by atoms with Gasteiger partial charge in [0, 0.05) is 26.2 Å². The third-order valence-electron chi connectivity index (χ3n) is 3.32. The lowest BCUT2D eigenvalue weighted by molar-refractivity contribution is -0.123. The Morgan fingerprint density at radius 3 is 3.14 bits per heavy atom. The molecule has 1 N–H and O–H groups in total. The standard InChI is InChI=1S/C14H22N6O2/c1-11(2)7-19-3-4-22-12(8-19)6-16-14(21)9-20-10-17-13(5-15)18-20/h10-12H,3-4,6-9H2,1-2H3,(H,16,21). The molecule has 1 atom stereocenters. The molecule has 0 radical (unpaired) electrons. The largest absolute Gasteiger partial charge is 0.374 e. The van der Waals surface area contributed by atoms with Crippen molar-refractivity contribution in [2.24, 2.45) is 5.92 Å². The molecule has 2 rings (SSSR count). The molecule has 1 aliphatic heterocycles. The normalized spacial score (nSPS) is 19.1. The number of rotatable bonds is 6. The van der Waals surface area contributed by atoms with Crippen LogP contribution in [-0.4, -0.2) is 64.5 Å². The van der Waals surface area contributed by atoms with Crippen LogP contribution in [0.5, 0.6) is 0 Å². The maximum Gasteiger partial charge on any atom is 0.252 e. The second kappa shape index (κ2) is 7.87. The summed E-state index contributed by atoms with van der Waals surface area (Å²) < 4.78 is 7.03. The zero-order chi connectivity index (χ0) is 15.9. The van der Waals surface area contributed by atoms with Gasteiger partial charge in [0.15, 0.2) is 0 Å². The quantitative estimate of drug-likeness (QED) is 0.770. The van der Waals surface area contributed by atoms with Crippen molar-refractivity contribution in [3.8, 4) is 6.07 Å². The fourth-order valence-corrected chi connectivity index (χ4v) is 2.44. The number of carbonyl (C=O) groups excluding carboxylic acids is 1. The van der Waals surface area contributed by atoms with E-state index in [9.17, 15) is 4.79 Å². The highest BCUT2D eigenvalue weighted by molar-refractivity contribution is 5.75. The smallest absolute Gasteiger partial charge is 0.252 e. The van der Waals surface area contributed by atoms with Crippen LogP contribution in [0.25, 0.3) is 0 Å². The van der Waals surface area contributed by atoms with Crippen LogP contribution in [0.15, 0.2) is 6.33 Å². The highest BCUT2D eigenvalue weighted by Crippen LogP contribution is 2.07. The minimum absolute atomic E-state index is 0.0156. The van der Waals surface area contributed by atoms with Gasteiger partial charge in [-0.1, -0.05) is 13.8 Å². The van der Waals surface area contributed by atoms with E-state index in [0.717, 1.165) is 19.6 Å². The molecule has 0 spiro atoms. The molecule has 120 valence electrons. The Labute approximate surface area is 130 Å². The first kappa shape index (κ1) is 16.4. The van der Waals surface area contributed by atoms with E-state index in [1.54, 1.807) is 0 Å². The third-order valence-corrected chi connectivity index (χ3v) is 3.32. The van der Waals surface area contributed by atoms with Crippen molar-refractivity contribution >= 4 is 5.91 Å². The molecule has 1 aromatic rings. The zero-order valence-electron chi connectivity index (χ0n) is 13.0.